The summed E-state index contributed by atoms with van der Waals surface area (Å²) in [5.74, 6) is 0.0158. The summed E-state index contributed by atoms with van der Waals surface area (Å²) in [6, 6.07) is 13.1. The number of hydrogen-bond acceptors (Lipinski definition) is 4. The quantitative estimate of drug-likeness (QED) is 0.834. The van der Waals surface area contributed by atoms with E-state index >= 15 is 0 Å². The lowest BCUT2D eigenvalue weighted by atomic mass is 10.3. The van der Waals surface area contributed by atoms with Gasteiger partial charge in [-0.1, -0.05) is 18.2 Å². The summed E-state index contributed by atoms with van der Waals surface area (Å²) in [5.41, 5.74) is 3.70. The van der Waals surface area contributed by atoms with Crippen molar-refractivity contribution in [3.63, 3.8) is 0 Å². The predicted octanol–water partition coefficient (Wildman–Crippen LogP) is 2.88. The van der Waals surface area contributed by atoms with Gasteiger partial charge >= 0.3 is 0 Å². The lowest BCUT2D eigenvalue weighted by Crippen LogP contribution is -2.38. The third-order valence-electron chi connectivity index (χ3n) is 3.44. The molecule has 1 saturated carbocycles. The molecule has 3 rings (SSSR count). The van der Waals surface area contributed by atoms with Gasteiger partial charge in [-0.25, -0.2) is 0 Å². The van der Waals surface area contributed by atoms with E-state index in [4.69, 9.17) is 0 Å². The fourth-order valence-electron chi connectivity index (χ4n) is 2.02. The number of rotatable bonds is 5. The minimum Gasteiger partial charge on any atom is -0.317 e. The Balaban J connectivity index is 1.60. The van der Waals surface area contributed by atoms with Crippen molar-refractivity contribution in [2.24, 2.45) is 5.92 Å². The van der Waals surface area contributed by atoms with Crippen LogP contribution in [0.25, 0.3) is 0 Å². The highest BCUT2D eigenvalue weighted by atomic mass is 32.1. The molecule has 0 aliphatic heterocycles. The number of nitrogens with one attached hydrogen (secondary N) is 2. The van der Waals surface area contributed by atoms with Crippen LogP contribution in [0.4, 0.5) is 10.7 Å². The Morgan fingerprint density at radius 2 is 1.86 bits per heavy atom. The first-order chi connectivity index (χ1) is 10.6. The number of hydrazine groups is 1. The van der Waals surface area contributed by atoms with Crippen LogP contribution in [0, 0.1) is 5.92 Å². The molecule has 0 spiro atoms. The second-order valence-corrected chi connectivity index (χ2v) is 6.35. The number of carbonyl (C=O) groups is 2. The van der Waals surface area contributed by atoms with Crippen molar-refractivity contribution in [3.8, 4) is 0 Å². The van der Waals surface area contributed by atoms with Crippen LogP contribution in [0.15, 0.2) is 42.5 Å². The second-order valence-electron chi connectivity index (χ2n) is 5.26. The SMILES string of the molecule is CN(NC(=O)c1ccc(NC(=O)C2CC2)s1)c1ccccc1. The summed E-state index contributed by atoms with van der Waals surface area (Å²) < 4.78 is 0. The van der Waals surface area contributed by atoms with E-state index in [1.807, 2.05) is 30.3 Å². The lowest BCUT2D eigenvalue weighted by Gasteiger charge is -2.19. The van der Waals surface area contributed by atoms with Gasteiger partial charge in [0.25, 0.3) is 5.91 Å². The first kappa shape index (κ1) is 14.6. The fraction of sp³-hybridized carbons (Fsp3) is 0.250. The maximum absolute atomic E-state index is 12.2. The molecule has 0 atom stereocenters. The number of carbonyl (C=O) groups excluding carboxylic acids is 2. The van der Waals surface area contributed by atoms with E-state index < -0.39 is 0 Å². The van der Waals surface area contributed by atoms with Crippen molar-refractivity contribution in [1.29, 1.82) is 0 Å². The van der Waals surface area contributed by atoms with Gasteiger partial charge in [-0.15, -0.1) is 11.3 Å². The van der Waals surface area contributed by atoms with Crippen LogP contribution >= 0.6 is 11.3 Å². The van der Waals surface area contributed by atoms with Gasteiger partial charge in [-0.2, -0.15) is 0 Å². The van der Waals surface area contributed by atoms with Crippen LogP contribution in [0.2, 0.25) is 0 Å². The Labute approximate surface area is 132 Å². The van der Waals surface area contributed by atoms with Crippen LogP contribution in [-0.4, -0.2) is 18.9 Å². The van der Waals surface area contributed by atoms with E-state index in [1.165, 1.54) is 11.3 Å². The zero-order chi connectivity index (χ0) is 15.5. The molecule has 2 amide bonds. The van der Waals surface area contributed by atoms with Gasteiger partial charge in [-0.05, 0) is 37.1 Å². The maximum Gasteiger partial charge on any atom is 0.279 e. The van der Waals surface area contributed by atoms with Crippen molar-refractivity contribution in [2.45, 2.75) is 12.8 Å². The largest absolute Gasteiger partial charge is 0.317 e. The van der Waals surface area contributed by atoms with Crippen LogP contribution in [0.1, 0.15) is 22.5 Å². The third kappa shape index (κ3) is 3.46. The van der Waals surface area contributed by atoms with Crippen LogP contribution in [-0.2, 0) is 4.79 Å². The number of benzene rings is 1. The Hall–Kier alpha value is -2.34. The van der Waals surface area contributed by atoms with E-state index in [-0.39, 0.29) is 17.7 Å². The molecule has 2 N–H and O–H groups in total. The molecule has 2 aromatic rings. The van der Waals surface area contributed by atoms with Crippen LogP contribution in [0.5, 0.6) is 0 Å². The molecule has 0 unspecified atom stereocenters. The highest BCUT2D eigenvalue weighted by Crippen LogP contribution is 2.31. The number of thiophene rings is 1. The van der Waals surface area contributed by atoms with E-state index in [0.717, 1.165) is 18.5 Å². The topological polar surface area (TPSA) is 61.4 Å². The van der Waals surface area contributed by atoms with E-state index in [1.54, 1.807) is 24.2 Å². The molecule has 5 nitrogen and oxygen atoms in total. The minimum atomic E-state index is -0.191. The van der Waals surface area contributed by atoms with Gasteiger partial charge in [0, 0.05) is 13.0 Å². The summed E-state index contributed by atoms with van der Waals surface area (Å²) in [6.07, 6.45) is 1.93. The third-order valence-corrected chi connectivity index (χ3v) is 4.44. The molecule has 1 aromatic heterocycles. The molecular weight excluding hydrogens is 298 g/mol. The van der Waals surface area contributed by atoms with E-state index in [0.29, 0.717) is 9.88 Å². The number of hydrogen-bond donors (Lipinski definition) is 2. The highest BCUT2D eigenvalue weighted by molar-refractivity contribution is 7.18. The summed E-state index contributed by atoms with van der Waals surface area (Å²) in [4.78, 5) is 24.5. The molecule has 1 aliphatic rings. The van der Waals surface area contributed by atoms with Gasteiger partial charge in [0.05, 0.1) is 15.6 Å². The second kappa shape index (κ2) is 6.19. The molecule has 114 valence electrons. The van der Waals surface area contributed by atoms with Crippen LogP contribution in [0.3, 0.4) is 0 Å². The van der Waals surface area contributed by atoms with Gasteiger partial charge in [0.2, 0.25) is 5.91 Å². The average Bonchev–Trinajstić information content (AvgIpc) is 3.28. The number of amides is 2. The zero-order valence-corrected chi connectivity index (χ0v) is 13.0. The Kier molecular flexibility index (Phi) is 4.11. The van der Waals surface area contributed by atoms with Crippen molar-refractivity contribution in [1.82, 2.24) is 5.43 Å². The van der Waals surface area contributed by atoms with Crippen LogP contribution < -0.4 is 15.8 Å². The molecule has 1 fully saturated rings. The van der Waals surface area contributed by atoms with Crippen molar-refractivity contribution in [3.05, 3.63) is 47.3 Å². The Morgan fingerprint density at radius 3 is 2.55 bits per heavy atom. The predicted molar refractivity (Wildman–Crippen MR) is 88.0 cm³/mol. The lowest BCUT2D eigenvalue weighted by molar-refractivity contribution is -0.117. The molecule has 1 heterocycles. The standard InChI is InChI=1S/C16H17N3O2S/c1-19(12-5-3-2-4-6-12)18-16(21)13-9-10-14(22-13)17-15(20)11-7-8-11/h2-6,9-11H,7-8H2,1H3,(H,17,20)(H,18,21). The van der Waals surface area contributed by atoms with Gasteiger partial charge in [0.1, 0.15) is 0 Å². The monoisotopic (exact) mass is 315 g/mol. The minimum absolute atomic E-state index is 0.0511. The summed E-state index contributed by atoms with van der Waals surface area (Å²) in [7, 11) is 1.79. The summed E-state index contributed by atoms with van der Waals surface area (Å²) in [6.45, 7) is 0. The van der Waals surface area contributed by atoms with E-state index in [9.17, 15) is 9.59 Å². The summed E-state index contributed by atoms with van der Waals surface area (Å²) in [5, 5.41) is 5.23. The Morgan fingerprint density at radius 1 is 1.14 bits per heavy atom. The van der Waals surface area contributed by atoms with Gasteiger partial charge in [0.15, 0.2) is 0 Å². The number of para-hydroxylation sites is 1. The van der Waals surface area contributed by atoms with Crippen molar-refractivity contribution < 1.29 is 9.59 Å². The van der Waals surface area contributed by atoms with Gasteiger partial charge < -0.3 is 5.32 Å². The number of nitrogens with zero attached hydrogens (tertiary/aromatic N) is 1. The normalized spacial score (nSPS) is 13.5. The smallest absolute Gasteiger partial charge is 0.279 e. The van der Waals surface area contributed by atoms with Crippen molar-refractivity contribution in [2.75, 3.05) is 17.4 Å². The maximum atomic E-state index is 12.2. The fourth-order valence-corrected chi connectivity index (χ4v) is 2.82. The molecule has 0 bridgehead atoms. The van der Waals surface area contributed by atoms with Crippen molar-refractivity contribution >= 4 is 33.8 Å². The molecular formula is C16H17N3O2S. The summed E-state index contributed by atoms with van der Waals surface area (Å²) >= 11 is 1.28. The first-order valence-corrected chi connectivity index (χ1v) is 7.95. The van der Waals surface area contributed by atoms with E-state index in [2.05, 4.69) is 10.7 Å². The molecule has 1 aromatic carbocycles. The highest BCUT2D eigenvalue weighted by Gasteiger charge is 2.29. The van der Waals surface area contributed by atoms with Gasteiger partial charge in [-0.3, -0.25) is 20.0 Å². The zero-order valence-electron chi connectivity index (χ0n) is 12.2. The Bertz CT molecular complexity index is 680. The molecule has 22 heavy (non-hydrogen) atoms. The molecule has 1 aliphatic carbocycles. The first-order valence-electron chi connectivity index (χ1n) is 7.14. The molecule has 0 saturated heterocycles. The molecule has 0 radical (unpaired) electrons. The average molecular weight is 315 g/mol. The number of anilines is 2. The molecule has 6 heteroatoms.